The van der Waals surface area contributed by atoms with Crippen molar-refractivity contribution in [3.05, 3.63) is 56.2 Å². The summed E-state index contributed by atoms with van der Waals surface area (Å²) in [7, 11) is 0. The fourth-order valence-corrected chi connectivity index (χ4v) is 2.67. The summed E-state index contributed by atoms with van der Waals surface area (Å²) in [6.45, 7) is 1.90. The van der Waals surface area contributed by atoms with Gasteiger partial charge in [0.2, 0.25) is 0 Å². The van der Waals surface area contributed by atoms with Gasteiger partial charge >= 0.3 is 17.6 Å². The maximum absolute atomic E-state index is 12.0. The molecule has 3 aromatic rings. The van der Waals surface area contributed by atoms with E-state index in [1.54, 1.807) is 13.0 Å². The standard InChI is InChI=1S/C15H14BrN7O6/c1-8-11(16)12(23(26)27)20-22(8)7-10-19-15(29-21-10)14(25)18-5-4-17-13(24)9-3-2-6-28-9/h2-3,6H,4-5,7H2,1H3,(H,17,24)(H,18,25). The molecule has 14 heteroatoms. The van der Waals surface area contributed by atoms with E-state index in [1.807, 2.05) is 0 Å². The molecule has 13 nitrogen and oxygen atoms in total. The number of furan rings is 1. The van der Waals surface area contributed by atoms with Crippen molar-refractivity contribution in [2.45, 2.75) is 13.5 Å². The van der Waals surface area contributed by atoms with Gasteiger partial charge in [-0.05, 0) is 39.9 Å². The normalized spacial score (nSPS) is 10.7. The van der Waals surface area contributed by atoms with Crippen molar-refractivity contribution in [2.24, 2.45) is 0 Å². The molecule has 0 saturated carbocycles. The summed E-state index contributed by atoms with van der Waals surface area (Å²) in [6, 6.07) is 3.11. The van der Waals surface area contributed by atoms with Gasteiger partial charge in [0.15, 0.2) is 11.6 Å². The molecule has 0 bridgehead atoms. The van der Waals surface area contributed by atoms with Crippen LogP contribution in [0, 0.1) is 17.0 Å². The number of carbonyl (C=O) groups is 2. The van der Waals surface area contributed by atoms with Crippen LogP contribution in [0.15, 0.2) is 31.8 Å². The molecule has 0 aliphatic rings. The number of carbonyl (C=O) groups excluding carboxylic acids is 2. The third kappa shape index (κ3) is 4.66. The first-order valence-electron chi connectivity index (χ1n) is 8.16. The number of hydrogen-bond acceptors (Lipinski definition) is 9. The number of nitrogens with zero attached hydrogens (tertiary/aromatic N) is 5. The Kier molecular flexibility index (Phi) is 6.01. The van der Waals surface area contributed by atoms with E-state index in [0.29, 0.717) is 5.69 Å². The highest BCUT2D eigenvalue weighted by Gasteiger charge is 2.25. The molecule has 0 aromatic carbocycles. The molecule has 3 aromatic heterocycles. The number of aromatic nitrogens is 4. The predicted octanol–water partition coefficient (Wildman–Crippen LogP) is 1.05. The second-order valence-electron chi connectivity index (χ2n) is 5.64. The quantitative estimate of drug-likeness (QED) is 0.278. The third-order valence-electron chi connectivity index (χ3n) is 3.68. The van der Waals surface area contributed by atoms with Crippen LogP contribution >= 0.6 is 15.9 Å². The Balaban J connectivity index is 1.52. The summed E-state index contributed by atoms with van der Waals surface area (Å²) >= 11 is 3.11. The molecule has 0 unspecified atom stereocenters. The van der Waals surface area contributed by atoms with Crippen LogP contribution in [0.1, 0.15) is 32.8 Å². The minimum absolute atomic E-state index is 0.0196. The molecular formula is C15H14BrN7O6. The summed E-state index contributed by atoms with van der Waals surface area (Å²) in [4.78, 5) is 38.0. The third-order valence-corrected chi connectivity index (χ3v) is 4.61. The van der Waals surface area contributed by atoms with Crippen LogP contribution in [0.25, 0.3) is 0 Å². The van der Waals surface area contributed by atoms with Gasteiger partial charge in [-0.15, -0.1) is 0 Å². The first-order valence-corrected chi connectivity index (χ1v) is 8.96. The van der Waals surface area contributed by atoms with Crippen LogP contribution in [0.2, 0.25) is 0 Å². The molecular weight excluding hydrogens is 454 g/mol. The van der Waals surface area contributed by atoms with Crippen LogP contribution in [0.5, 0.6) is 0 Å². The van der Waals surface area contributed by atoms with Crippen molar-refractivity contribution in [1.29, 1.82) is 0 Å². The van der Waals surface area contributed by atoms with Crippen molar-refractivity contribution in [3.63, 3.8) is 0 Å². The predicted molar refractivity (Wildman–Crippen MR) is 98.1 cm³/mol. The Morgan fingerprint density at radius 1 is 1.31 bits per heavy atom. The molecule has 0 fully saturated rings. The summed E-state index contributed by atoms with van der Waals surface area (Å²) in [5, 5.41) is 23.5. The van der Waals surface area contributed by atoms with Gasteiger partial charge in [-0.25, -0.2) is 0 Å². The van der Waals surface area contributed by atoms with Crippen LogP contribution in [0.3, 0.4) is 0 Å². The van der Waals surface area contributed by atoms with Crippen molar-refractivity contribution >= 4 is 33.6 Å². The lowest BCUT2D eigenvalue weighted by Crippen LogP contribution is -2.34. The Hall–Kier alpha value is -3.55. The maximum Gasteiger partial charge on any atom is 0.404 e. The van der Waals surface area contributed by atoms with E-state index < -0.39 is 16.7 Å². The maximum atomic E-state index is 12.0. The van der Waals surface area contributed by atoms with Gasteiger partial charge in [0.1, 0.15) is 11.0 Å². The summed E-state index contributed by atoms with van der Waals surface area (Å²) in [6.07, 6.45) is 1.38. The lowest BCUT2D eigenvalue weighted by atomic mass is 10.4. The van der Waals surface area contributed by atoms with Gasteiger partial charge in [-0.1, -0.05) is 5.16 Å². The minimum Gasteiger partial charge on any atom is -0.459 e. The van der Waals surface area contributed by atoms with Gasteiger partial charge in [0.25, 0.3) is 5.91 Å². The van der Waals surface area contributed by atoms with Gasteiger partial charge in [-0.2, -0.15) is 9.67 Å². The van der Waals surface area contributed by atoms with Crippen LogP contribution < -0.4 is 10.6 Å². The molecule has 0 aliphatic heterocycles. The van der Waals surface area contributed by atoms with Crippen LogP contribution in [-0.2, 0) is 6.54 Å². The first kappa shape index (κ1) is 20.2. The minimum atomic E-state index is -0.625. The number of hydrogen-bond donors (Lipinski definition) is 2. The fourth-order valence-electron chi connectivity index (χ4n) is 2.25. The zero-order valence-corrected chi connectivity index (χ0v) is 16.5. The summed E-state index contributed by atoms with van der Waals surface area (Å²) in [5.41, 5.74) is 0.500. The fraction of sp³-hybridized carbons (Fsp3) is 0.267. The molecule has 0 aliphatic carbocycles. The summed E-state index contributed by atoms with van der Waals surface area (Å²) < 4.78 is 11.4. The number of halogens is 1. The van der Waals surface area contributed by atoms with Crippen molar-refractivity contribution in [2.75, 3.05) is 13.1 Å². The van der Waals surface area contributed by atoms with E-state index in [2.05, 4.69) is 41.8 Å². The number of nitrogens with one attached hydrogen (secondary N) is 2. The Bertz CT molecular complexity index is 1040. The smallest absolute Gasteiger partial charge is 0.404 e. The van der Waals surface area contributed by atoms with E-state index in [1.165, 1.54) is 17.0 Å². The van der Waals surface area contributed by atoms with Crippen molar-refractivity contribution < 1.29 is 23.5 Å². The molecule has 152 valence electrons. The Labute approximate surface area is 170 Å². The highest BCUT2D eigenvalue weighted by molar-refractivity contribution is 9.10. The number of rotatable bonds is 8. The van der Waals surface area contributed by atoms with E-state index in [4.69, 9.17) is 8.94 Å². The van der Waals surface area contributed by atoms with E-state index >= 15 is 0 Å². The molecule has 0 radical (unpaired) electrons. The molecule has 0 spiro atoms. The molecule has 3 rings (SSSR count). The molecule has 0 saturated heterocycles. The monoisotopic (exact) mass is 467 g/mol. The van der Waals surface area contributed by atoms with E-state index in [0.717, 1.165) is 0 Å². The van der Waals surface area contributed by atoms with Crippen LogP contribution in [-0.4, -0.2) is 49.7 Å². The Morgan fingerprint density at radius 3 is 2.66 bits per heavy atom. The number of nitro groups is 1. The molecule has 29 heavy (non-hydrogen) atoms. The highest BCUT2D eigenvalue weighted by atomic mass is 79.9. The molecule has 0 atom stereocenters. The second kappa shape index (κ2) is 8.64. The second-order valence-corrected chi connectivity index (χ2v) is 6.44. The Morgan fingerprint density at radius 2 is 2.03 bits per heavy atom. The average Bonchev–Trinajstić information content (AvgIpc) is 3.43. The van der Waals surface area contributed by atoms with E-state index in [-0.39, 0.29) is 47.4 Å². The SMILES string of the molecule is Cc1c(Br)c([N+](=O)[O-])nn1Cc1noc(C(=O)NCCNC(=O)c2ccco2)n1. The highest BCUT2D eigenvalue weighted by Crippen LogP contribution is 2.27. The molecule has 3 heterocycles. The lowest BCUT2D eigenvalue weighted by molar-refractivity contribution is -0.390. The number of amides is 2. The molecule has 2 N–H and O–H groups in total. The zero-order chi connectivity index (χ0) is 21.0. The van der Waals surface area contributed by atoms with Gasteiger partial charge in [0, 0.05) is 13.1 Å². The average molecular weight is 468 g/mol. The largest absolute Gasteiger partial charge is 0.459 e. The summed E-state index contributed by atoms with van der Waals surface area (Å²) in [5.74, 6) is -1.36. The van der Waals surface area contributed by atoms with Crippen molar-refractivity contribution in [3.8, 4) is 0 Å². The van der Waals surface area contributed by atoms with Crippen LogP contribution in [0.4, 0.5) is 5.82 Å². The van der Waals surface area contributed by atoms with Gasteiger partial charge < -0.3 is 29.7 Å². The van der Waals surface area contributed by atoms with Crippen molar-refractivity contribution in [1.82, 2.24) is 30.6 Å². The lowest BCUT2D eigenvalue weighted by Gasteiger charge is -2.03. The molecule has 2 amide bonds. The zero-order valence-electron chi connectivity index (χ0n) is 14.9. The first-order chi connectivity index (χ1) is 13.9. The van der Waals surface area contributed by atoms with Gasteiger partial charge in [0.05, 0.1) is 17.1 Å². The van der Waals surface area contributed by atoms with Gasteiger partial charge in [-0.3, -0.25) is 9.59 Å². The van der Waals surface area contributed by atoms with E-state index in [9.17, 15) is 19.7 Å². The topological polar surface area (TPSA) is 171 Å².